The van der Waals surface area contributed by atoms with Crippen LogP contribution in [0.4, 0.5) is 0 Å². The van der Waals surface area contributed by atoms with Gasteiger partial charge in [0.05, 0.1) is 6.10 Å². The largest absolute Gasteiger partial charge is 0.379 e. The molecule has 1 saturated heterocycles. The highest BCUT2D eigenvalue weighted by Crippen LogP contribution is 2.27. The molecule has 6 nitrogen and oxygen atoms in total. The van der Waals surface area contributed by atoms with Gasteiger partial charge in [0, 0.05) is 48.1 Å². The molecule has 2 N–H and O–H groups in total. The van der Waals surface area contributed by atoms with Gasteiger partial charge >= 0.3 is 0 Å². The van der Waals surface area contributed by atoms with Crippen LogP contribution in [0.25, 0.3) is 10.9 Å². The Morgan fingerprint density at radius 3 is 2.67 bits per heavy atom. The van der Waals surface area contributed by atoms with Crippen LogP contribution in [0.3, 0.4) is 0 Å². The molecule has 164 valence electrons. The smallest absolute Gasteiger partial charge is 0.270 e. The molecule has 0 unspecified atom stereocenters. The Hall–Kier alpha value is -2.05. The first-order chi connectivity index (χ1) is 14.3. The molecular formula is C23H32ClN3O3. The van der Waals surface area contributed by atoms with Gasteiger partial charge in [-0.15, -0.1) is 0 Å². The molecule has 0 bridgehead atoms. The average molecular weight is 434 g/mol. The highest BCUT2D eigenvalue weighted by Gasteiger charge is 2.30. The number of H-pyrrole nitrogens is 1. The number of hydrogen-bond donors (Lipinski definition) is 2. The van der Waals surface area contributed by atoms with Crippen molar-refractivity contribution < 1.29 is 14.3 Å². The molecule has 1 fully saturated rings. The van der Waals surface area contributed by atoms with Gasteiger partial charge < -0.3 is 19.9 Å². The Morgan fingerprint density at radius 1 is 1.23 bits per heavy atom. The Morgan fingerprint density at radius 2 is 1.97 bits per heavy atom. The van der Waals surface area contributed by atoms with Crippen molar-refractivity contribution in [3.63, 3.8) is 0 Å². The zero-order valence-corrected chi connectivity index (χ0v) is 18.8. The number of aromatic nitrogens is 1. The first-order valence-corrected chi connectivity index (χ1v) is 11.2. The number of aromatic amines is 1. The summed E-state index contributed by atoms with van der Waals surface area (Å²) in [6.45, 7) is 8.63. The number of hydrogen-bond acceptors (Lipinski definition) is 3. The monoisotopic (exact) mass is 433 g/mol. The molecule has 0 saturated carbocycles. The van der Waals surface area contributed by atoms with E-state index in [-0.39, 0.29) is 23.8 Å². The molecule has 0 aliphatic carbocycles. The molecule has 3 rings (SSSR count). The predicted molar refractivity (Wildman–Crippen MR) is 120 cm³/mol. The van der Waals surface area contributed by atoms with Gasteiger partial charge in [-0.25, -0.2) is 0 Å². The maximum Gasteiger partial charge on any atom is 0.270 e. The maximum absolute atomic E-state index is 12.9. The van der Waals surface area contributed by atoms with E-state index in [4.69, 9.17) is 16.3 Å². The molecule has 2 aromatic rings. The van der Waals surface area contributed by atoms with Crippen molar-refractivity contribution in [1.82, 2.24) is 15.2 Å². The molecule has 1 atom stereocenters. The van der Waals surface area contributed by atoms with Crippen LogP contribution in [-0.2, 0) is 9.53 Å². The Kier molecular flexibility index (Phi) is 7.78. The Bertz CT molecular complexity index is 872. The van der Waals surface area contributed by atoms with Gasteiger partial charge in [0.2, 0.25) is 5.91 Å². The van der Waals surface area contributed by atoms with E-state index in [1.54, 1.807) is 0 Å². The van der Waals surface area contributed by atoms with Gasteiger partial charge in [0.25, 0.3) is 5.91 Å². The lowest BCUT2D eigenvalue weighted by atomic mass is 9.84. The number of nitrogens with one attached hydrogen (secondary N) is 2. The van der Waals surface area contributed by atoms with Crippen LogP contribution in [0.2, 0.25) is 5.02 Å². The highest BCUT2D eigenvalue weighted by molar-refractivity contribution is 6.31. The van der Waals surface area contributed by atoms with Crippen LogP contribution < -0.4 is 5.32 Å². The number of ether oxygens (including phenoxy) is 1. The Balaban J connectivity index is 1.46. The lowest BCUT2D eigenvalue weighted by Gasteiger charge is -2.34. The summed E-state index contributed by atoms with van der Waals surface area (Å²) in [7, 11) is 0. The summed E-state index contributed by atoms with van der Waals surface area (Å²) in [6, 6.07) is 7.40. The summed E-state index contributed by atoms with van der Waals surface area (Å²) >= 11 is 6.04. The average Bonchev–Trinajstić information content (AvgIpc) is 3.15. The summed E-state index contributed by atoms with van der Waals surface area (Å²) in [5.74, 6) is 0.339. The fourth-order valence-corrected chi connectivity index (χ4v) is 4.15. The van der Waals surface area contributed by atoms with Crippen LogP contribution in [0.1, 0.15) is 50.5 Å². The normalized spacial score (nSPS) is 16.2. The van der Waals surface area contributed by atoms with Crippen LogP contribution >= 0.6 is 11.6 Å². The summed E-state index contributed by atoms with van der Waals surface area (Å²) in [4.78, 5) is 30.4. The number of amides is 2. The van der Waals surface area contributed by atoms with E-state index in [0.717, 1.165) is 30.2 Å². The van der Waals surface area contributed by atoms with Crippen LogP contribution in [-0.4, -0.2) is 54.0 Å². The molecule has 2 heterocycles. The summed E-state index contributed by atoms with van der Waals surface area (Å²) in [5, 5.41) is 4.61. The third-order valence-corrected chi connectivity index (χ3v) is 6.07. The van der Waals surface area contributed by atoms with E-state index in [0.29, 0.717) is 42.9 Å². The SMILES string of the molecule is CC(C)OCCCNC(=O)[C@H](C)C1CCN(C(=O)c2cc3cc(Cl)ccc3[nH]2)CC1. The molecule has 0 spiro atoms. The van der Waals surface area contributed by atoms with Crippen LogP contribution in [0.15, 0.2) is 24.3 Å². The van der Waals surface area contributed by atoms with E-state index < -0.39 is 0 Å². The Labute approximate surface area is 183 Å². The molecule has 1 aliphatic rings. The van der Waals surface area contributed by atoms with E-state index in [1.807, 2.05) is 49.9 Å². The van der Waals surface area contributed by atoms with Crippen molar-refractivity contribution in [1.29, 1.82) is 0 Å². The number of nitrogens with zero attached hydrogens (tertiary/aromatic N) is 1. The molecule has 7 heteroatoms. The van der Waals surface area contributed by atoms with Gasteiger partial charge in [0.15, 0.2) is 0 Å². The minimum Gasteiger partial charge on any atom is -0.379 e. The van der Waals surface area contributed by atoms with E-state index in [2.05, 4.69) is 10.3 Å². The van der Waals surface area contributed by atoms with Crippen molar-refractivity contribution in [3.8, 4) is 0 Å². The predicted octanol–water partition coefficient (Wildman–Crippen LogP) is 4.24. The lowest BCUT2D eigenvalue weighted by Crippen LogP contribution is -2.43. The number of carbonyl (C=O) groups is 2. The second-order valence-corrected chi connectivity index (χ2v) is 8.83. The quantitative estimate of drug-likeness (QED) is 0.611. The number of fused-ring (bicyclic) bond motifs is 1. The van der Waals surface area contributed by atoms with Crippen molar-refractivity contribution in [2.24, 2.45) is 11.8 Å². The van der Waals surface area contributed by atoms with Crippen LogP contribution in [0.5, 0.6) is 0 Å². The first-order valence-electron chi connectivity index (χ1n) is 10.8. The number of rotatable bonds is 8. The van der Waals surface area contributed by atoms with E-state index in [9.17, 15) is 9.59 Å². The fraction of sp³-hybridized carbons (Fsp3) is 0.565. The van der Waals surface area contributed by atoms with Gasteiger partial charge in [-0.05, 0) is 63.3 Å². The van der Waals surface area contributed by atoms with E-state index in [1.165, 1.54) is 0 Å². The minimum atomic E-state index is -0.0523. The summed E-state index contributed by atoms with van der Waals surface area (Å²) in [6.07, 6.45) is 2.71. The molecule has 1 aromatic heterocycles. The van der Waals surface area contributed by atoms with Gasteiger partial charge in [-0.2, -0.15) is 0 Å². The standard InChI is InChI=1S/C23H32ClN3O3/c1-15(2)30-12-4-9-25-22(28)16(3)17-7-10-27(11-8-17)23(29)21-14-18-13-19(24)5-6-20(18)26-21/h5-6,13-17,26H,4,7-12H2,1-3H3,(H,25,28)/t16-/m1/s1. The first kappa shape index (κ1) is 22.6. The molecular weight excluding hydrogens is 402 g/mol. The molecule has 1 aliphatic heterocycles. The molecule has 0 radical (unpaired) electrons. The number of halogens is 1. The second kappa shape index (κ2) is 10.3. The zero-order valence-electron chi connectivity index (χ0n) is 18.0. The minimum absolute atomic E-state index is 0.00281. The maximum atomic E-state index is 12.9. The van der Waals surface area contributed by atoms with Gasteiger partial charge in [-0.1, -0.05) is 18.5 Å². The molecule has 1 aromatic carbocycles. The second-order valence-electron chi connectivity index (χ2n) is 8.40. The topological polar surface area (TPSA) is 74.4 Å². The lowest BCUT2D eigenvalue weighted by molar-refractivity contribution is -0.126. The highest BCUT2D eigenvalue weighted by atomic mass is 35.5. The number of benzene rings is 1. The van der Waals surface area contributed by atoms with Crippen molar-refractivity contribution in [2.45, 2.75) is 46.1 Å². The third kappa shape index (κ3) is 5.76. The molecule has 2 amide bonds. The molecule has 30 heavy (non-hydrogen) atoms. The summed E-state index contributed by atoms with van der Waals surface area (Å²) < 4.78 is 5.50. The van der Waals surface area contributed by atoms with Gasteiger partial charge in [0.1, 0.15) is 5.69 Å². The number of carbonyl (C=O) groups excluding carboxylic acids is 2. The van der Waals surface area contributed by atoms with Crippen molar-refractivity contribution in [2.75, 3.05) is 26.2 Å². The van der Waals surface area contributed by atoms with Crippen molar-refractivity contribution >= 4 is 34.3 Å². The fourth-order valence-electron chi connectivity index (χ4n) is 3.97. The van der Waals surface area contributed by atoms with Gasteiger partial charge in [-0.3, -0.25) is 9.59 Å². The third-order valence-electron chi connectivity index (χ3n) is 5.83. The zero-order chi connectivity index (χ0) is 21.7. The van der Waals surface area contributed by atoms with Crippen molar-refractivity contribution in [3.05, 3.63) is 35.0 Å². The van der Waals surface area contributed by atoms with Crippen LogP contribution in [0, 0.1) is 11.8 Å². The number of likely N-dealkylation sites (tertiary alicyclic amines) is 1. The number of piperidine rings is 1. The van der Waals surface area contributed by atoms with E-state index >= 15 is 0 Å². The summed E-state index contributed by atoms with van der Waals surface area (Å²) in [5.41, 5.74) is 1.49.